The number of aryl methyl sites for hydroxylation is 1. The molecule has 2 aromatic carbocycles. The summed E-state index contributed by atoms with van der Waals surface area (Å²) in [4.78, 5) is 16.7. The second-order valence-corrected chi connectivity index (χ2v) is 7.34. The fraction of sp³-hybridized carbons (Fsp3) is 0.286. The zero-order valence-corrected chi connectivity index (χ0v) is 16.3. The summed E-state index contributed by atoms with van der Waals surface area (Å²) in [5.74, 6) is 0.0839. The zero-order chi connectivity index (χ0) is 17.8. The Morgan fingerprint density at radius 1 is 1.04 bits per heavy atom. The predicted molar refractivity (Wildman–Crippen MR) is 108 cm³/mol. The summed E-state index contributed by atoms with van der Waals surface area (Å²) < 4.78 is 1.02. The Bertz CT molecular complexity index is 792. The first kappa shape index (κ1) is 17.7. The molecule has 0 unspecified atom stereocenters. The molecule has 0 bridgehead atoms. The lowest BCUT2D eigenvalue weighted by molar-refractivity contribution is -0.126. The second-order valence-electron chi connectivity index (χ2n) is 6.42. The van der Waals surface area contributed by atoms with E-state index in [0.717, 1.165) is 36.2 Å². The molecule has 130 valence electrons. The van der Waals surface area contributed by atoms with Crippen LogP contribution in [0.3, 0.4) is 0 Å². The molecule has 1 aliphatic rings. The van der Waals surface area contributed by atoms with Crippen molar-refractivity contribution in [3.8, 4) is 0 Å². The Labute approximate surface area is 158 Å². The predicted octanol–water partition coefficient (Wildman–Crippen LogP) is 4.43. The molecular formula is C21H23BrN2O. The van der Waals surface area contributed by atoms with Crippen molar-refractivity contribution in [2.45, 2.75) is 13.8 Å². The number of nitrogens with zero attached hydrogens (tertiary/aromatic N) is 2. The number of piperazine rings is 1. The Balaban J connectivity index is 1.60. The van der Waals surface area contributed by atoms with E-state index in [-0.39, 0.29) is 5.91 Å². The highest BCUT2D eigenvalue weighted by atomic mass is 79.9. The molecule has 1 fully saturated rings. The van der Waals surface area contributed by atoms with E-state index in [0.29, 0.717) is 0 Å². The molecule has 0 radical (unpaired) electrons. The van der Waals surface area contributed by atoms with Gasteiger partial charge in [-0.1, -0.05) is 40.2 Å². The van der Waals surface area contributed by atoms with Crippen LogP contribution in [0, 0.1) is 13.8 Å². The van der Waals surface area contributed by atoms with Gasteiger partial charge in [-0.2, -0.15) is 0 Å². The van der Waals surface area contributed by atoms with Gasteiger partial charge in [-0.3, -0.25) is 4.79 Å². The summed E-state index contributed by atoms with van der Waals surface area (Å²) in [6, 6.07) is 14.4. The van der Waals surface area contributed by atoms with Crippen LogP contribution in [0.5, 0.6) is 0 Å². The van der Waals surface area contributed by atoms with Crippen molar-refractivity contribution in [2.75, 3.05) is 31.1 Å². The van der Waals surface area contributed by atoms with Crippen LogP contribution in [0.1, 0.15) is 16.7 Å². The van der Waals surface area contributed by atoms with Gasteiger partial charge in [0.25, 0.3) is 0 Å². The smallest absolute Gasteiger partial charge is 0.246 e. The molecule has 0 atom stereocenters. The lowest BCUT2D eigenvalue weighted by atomic mass is 10.1. The van der Waals surface area contributed by atoms with Gasteiger partial charge in [-0.25, -0.2) is 0 Å². The summed E-state index contributed by atoms with van der Waals surface area (Å²) in [6.07, 6.45) is 3.56. The van der Waals surface area contributed by atoms with Gasteiger partial charge >= 0.3 is 0 Å². The van der Waals surface area contributed by atoms with Crippen molar-refractivity contribution in [1.82, 2.24) is 4.90 Å². The third kappa shape index (κ3) is 4.31. The van der Waals surface area contributed by atoms with Crippen molar-refractivity contribution < 1.29 is 4.79 Å². The number of anilines is 1. The number of hydrogen-bond acceptors (Lipinski definition) is 2. The first-order valence-electron chi connectivity index (χ1n) is 8.58. The van der Waals surface area contributed by atoms with Crippen LogP contribution < -0.4 is 4.90 Å². The number of carbonyl (C=O) groups is 1. The van der Waals surface area contributed by atoms with E-state index in [1.54, 1.807) is 6.08 Å². The number of carbonyl (C=O) groups excluding carboxylic acids is 1. The van der Waals surface area contributed by atoms with E-state index < -0.39 is 0 Å². The van der Waals surface area contributed by atoms with Crippen LogP contribution >= 0.6 is 15.9 Å². The van der Waals surface area contributed by atoms with Gasteiger partial charge in [-0.05, 0) is 54.8 Å². The number of halogens is 1. The quantitative estimate of drug-likeness (QED) is 0.713. The summed E-state index contributed by atoms with van der Waals surface area (Å²) in [6.45, 7) is 7.58. The minimum atomic E-state index is 0.0839. The molecule has 1 amide bonds. The summed E-state index contributed by atoms with van der Waals surface area (Å²) in [5, 5.41) is 0. The SMILES string of the molecule is Cc1cccc(N2CCN(C(=O)C=Cc3cccc(Br)c3)CC2)c1C. The van der Waals surface area contributed by atoms with Crippen molar-refractivity contribution in [2.24, 2.45) is 0 Å². The van der Waals surface area contributed by atoms with Crippen LogP contribution in [-0.4, -0.2) is 37.0 Å². The van der Waals surface area contributed by atoms with Crippen molar-refractivity contribution in [3.63, 3.8) is 0 Å². The van der Waals surface area contributed by atoms with Crippen molar-refractivity contribution in [3.05, 3.63) is 69.7 Å². The van der Waals surface area contributed by atoms with E-state index in [1.165, 1.54) is 16.8 Å². The Morgan fingerprint density at radius 2 is 1.76 bits per heavy atom. The van der Waals surface area contributed by atoms with Gasteiger partial charge in [-0.15, -0.1) is 0 Å². The average Bonchev–Trinajstić information content (AvgIpc) is 2.62. The Morgan fingerprint density at radius 3 is 2.48 bits per heavy atom. The van der Waals surface area contributed by atoms with Crippen LogP contribution in [0.4, 0.5) is 5.69 Å². The van der Waals surface area contributed by atoms with Crippen LogP contribution in [0.15, 0.2) is 53.0 Å². The number of hydrogen-bond donors (Lipinski definition) is 0. The molecule has 0 spiro atoms. The maximum Gasteiger partial charge on any atom is 0.246 e. The number of rotatable bonds is 3. The standard InChI is InChI=1S/C21H23BrN2O/c1-16-5-3-8-20(17(16)2)23-11-13-24(14-12-23)21(25)10-9-18-6-4-7-19(22)15-18/h3-10,15H,11-14H2,1-2H3. The molecule has 1 aliphatic heterocycles. The second kappa shape index (κ2) is 7.87. The summed E-state index contributed by atoms with van der Waals surface area (Å²) in [5.41, 5.74) is 4.96. The maximum absolute atomic E-state index is 12.4. The molecule has 1 saturated heterocycles. The summed E-state index contributed by atoms with van der Waals surface area (Å²) >= 11 is 3.45. The lowest BCUT2D eigenvalue weighted by Crippen LogP contribution is -2.48. The molecule has 2 aromatic rings. The van der Waals surface area contributed by atoms with E-state index >= 15 is 0 Å². The summed E-state index contributed by atoms with van der Waals surface area (Å²) in [7, 11) is 0. The Hall–Kier alpha value is -2.07. The minimum absolute atomic E-state index is 0.0839. The van der Waals surface area contributed by atoms with Crippen LogP contribution in [0.25, 0.3) is 6.08 Å². The highest BCUT2D eigenvalue weighted by Crippen LogP contribution is 2.24. The molecule has 3 rings (SSSR count). The van der Waals surface area contributed by atoms with Crippen molar-refractivity contribution in [1.29, 1.82) is 0 Å². The average molecular weight is 399 g/mol. The number of amides is 1. The third-order valence-electron chi connectivity index (χ3n) is 4.78. The van der Waals surface area contributed by atoms with Gasteiger partial charge in [0, 0.05) is 42.4 Å². The van der Waals surface area contributed by atoms with Gasteiger partial charge in [0.05, 0.1) is 0 Å². The largest absolute Gasteiger partial charge is 0.368 e. The molecule has 1 heterocycles. The highest BCUT2D eigenvalue weighted by molar-refractivity contribution is 9.10. The van der Waals surface area contributed by atoms with Gasteiger partial charge in [0.1, 0.15) is 0 Å². The molecule has 4 heteroatoms. The van der Waals surface area contributed by atoms with Crippen LogP contribution in [0.2, 0.25) is 0 Å². The fourth-order valence-corrected chi connectivity index (χ4v) is 3.55. The zero-order valence-electron chi connectivity index (χ0n) is 14.7. The molecule has 25 heavy (non-hydrogen) atoms. The Kier molecular flexibility index (Phi) is 5.59. The molecule has 0 saturated carbocycles. The normalized spacial score (nSPS) is 15.0. The molecular weight excluding hydrogens is 376 g/mol. The highest BCUT2D eigenvalue weighted by Gasteiger charge is 2.20. The lowest BCUT2D eigenvalue weighted by Gasteiger charge is -2.36. The van der Waals surface area contributed by atoms with Gasteiger partial charge < -0.3 is 9.80 Å². The molecule has 3 nitrogen and oxygen atoms in total. The fourth-order valence-electron chi connectivity index (χ4n) is 3.13. The first-order valence-corrected chi connectivity index (χ1v) is 9.37. The van der Waals surface area contributed by atoms with Gasteiger partial charge in [0.2, 0.25) is 5.91 Å². The first-order chi connectivity index (χ1) is 12.0. The monoisotopic (exact) mass is 398 g/mol. The topological polar surface area (TPSA) is 23.6 Å². The molecule has 0 N–H and O–H groups in total. The maximum atomic E-state index is 12.4. The minimum Gasteiger partial charge on any atom is -0.368 e. The van der Waals surface area contributed by atoms with E-state index in [1.807, 2.05) is 35.2 Å². The van der Waals surface area contributed by atoms with E-state index in [2.05, 4.69) is 52.9 Å². The molecule has 0 aromatic heterocycles. The number of benzene rings is 2. The molecule has 0 aliphatic carbocycles. The van der Waals surface area contributed by atoms with Crippen molar-refractivity contribution >= 4 is 33.6 Å². The van der Waals surface area contributed by atoms with Crippen LogP contribution in [-0.2, 0) is 4.79 Å². The van der Waals surface area contributed by atoms with E-state index in [9.17, 15) is 4.79 Å². The van der Waals surface area contributed by atoms with Gasteiger partial charge in [0.15, 0.2) is 0 Å². The third-order valence-corrected chi connectivity index (χ3v) is 5.27. The van der Waals surface area contributed by atoms with E-state index in [4.69, 9.17) is 0 Å².